The molecule has 112 valence electrons. The molecule has 0 radical (unpaired) electrons. The van der Waals surface area contributed by atoms with Crippen LogP contribution in [0.2, 0.25) is 0 Å². The van der Waals surface area contributed by atoms with Crippen molar-refractivity contribution in [3.8, 4) is 0 Å². The van der Waals surface area contributed by atoms with Crippen molar-refractivity contribution >= 4 is 0 Å². The average Bonchev–Trinajstić information content (AvgIpc) is 2.77. The van der Waals surface area contributed by atoms with Crippen molar-refractivity contribution in [1.29, 1.82) is 0 Å². The normalized spacial score (nSPS) is 37.4. The molecule has 1 saturated heterocycles. The predicted molar refractivity (Wildman–Crippen MR) is 80.2 cm³/mol. The minimum Gasteiger partial charge on any atom is -0.393 e. The molecular formula is C16H32N2O. The van der Waals surface area contributed by atoms with Crippen molar-refractivity contribution in [1.82, 2.24) is 10.2 Å². The highest BCUT2D eigenvalue weighted by atomic mass is 16.3. The van der Waals surface area contributed by atoms with E-state index >= 15 is 0 Å². The summed E-state index contributed by atoms with van der Waals surface area (Å²) in [5.74, 6) is 1.26. The number of aliphatic hydroxyl groups is 1. The van der Waals surface area contributed by atoms with Crippen molar-refractivity contribution in [3.05, 3.63) is 0 Å². The first-order valence-corrected chi connectivity index (χ1v) is 7.99. The van der Waals surface area contributed by atoms with Crippen LogP contribution >= 0.6 is 0 Å². The fourth-order valence-electron chi connectivity index (χ4n) is 4.06. The van der Waals surface area contributed by atoms with Crippen LogP contribution in [0.3, 0.4) is 0 Å². The topological polar surface area (TPSA) is 35.5 Å². The zero-order valence-electron chi connectivity index (χ0n) is 13.2. The number of nitrogens with zero attached hydrogens (tertiary/aromatic N) is 1. The summed E-state index contributed by atoms with van der Waals surface area (Å²) in [6, 6.07) is 0.679. The Kier molecular flexibility index (Phi) is 4.91. The van der Waals surface area contributed by atoms with E-state index in [2.05, 4.69) is 31.1 Å². The Bertz CT molecular complexity index is 290. The smallest absolute Gasteiger partial charge is 0.0552 e. The zero-order chi connectivity index (χ0) is 14.0. The van der Waals surface area contributed by atoms with Gasteiger partial charge in [-0.1, -0.05) is 13.8 Å². The minimum atomic E-state index is -0.145. The molecular weight excluding hydrogens is 236 g/mol. The summed E-state index contributed by atoms with van der Waals surface area (Å²) in [5, 5.41) is 13.2. The van der Waals surface area contributed by atoms with Gasteiger partial charge in [-0.15, -0.1) is 0 Å². The van der Waals surface area contributed by atoms with E-state index in [1.54, 1.807) is 0 Å². The molecule has 0 spiro atoms. The van der Waals surface area contributed by atoms with Crippen LogP contribution in [0.15, 0.2) is 0 Å². The number of aliphatic hydroxyl groups excluding tert-OH is 1. The van der Waals surface area contributed by atoms with Crippen LogP contribution in [0.5, 0.6) is 0 Å². The maximum absolute atomic E-state index is 9.72. The lowest BCUT2D eigenvalue weighted by Gasteiger charge is -2.42. The molecule has 1 heterocycles. The van der Waals surface area contributed by atoms with Crippen molar-refractivity contribution in [2.24, 2.45) is 17.3 Å². The van der Waals surface area contributed by atoms with E-state index in [-0.39, 0.29) is 6.10 Å². The third-order valence-corrected chi connectivity index (χ3v) is 5.37. The average molecular weight is 268 g/mol. The van der Waals surface area contributed by atoms with E-state index in [1.807, 2.05) is 6.92 Å². The molecule has 1 aliphatic heterocycles. The van der Waals surface area contributed by atoms with Gasteiger partial charge < -0.3 is 15.3 Å². The number of nitrogens with one attached hydrogen (secondary N) is 1. The SMILES string of the molecule is CNC1CCC(C)(C)CC1CN1CCC(C(C)O)C1. The summed E-state index contributed by atoms with van der Waals surface area (Å²) in [5.41, 5.74) is 0.501. The molecule has 3 heteroatoms. The maximum Gasteiger partial charge on any atom is 0.0552 e. The molecule has 0 aromatic carbocycles. The van der Waals surface area contributed by atoms with Crippen molar-refractivity contribution in [2.75, 3.05) is 26.7 Å². The van der Waals surface area contributed by atoms with Crippen LogP contribution in [0, 0.1) is 17.3 Å². The second-order valence-electron chi connectivity index (χ2n) is 7.61. The minimum absolute atomic E-state index is 0.145. The van der Waals surface area contributed by atoms with Gasteiger partial charge in [-0.2, -0.15) is 0 Å². The first-order chi connectivity index (χ1) is 8.91. The number of hydrogen-bond donors (Lipinski definition) is 2. The second kappa shape index (κ2) is 6.11. The van der Waals surface area contributed by atoms with Gasteiger partial charge >= 0.3 is 0 Å². The molecule has 2 N–H and O–H groups in total. The molecule has 2 aliphatic rings. The molecule has 0 aromatic heterocycles. The molecule has 1 saturated carbocycles. The third kappa shape index (κ3) is 3.93. The van der Waals surface area contributed by atoms with Gasteiger partial charge in [0, 0.05) is 19.1 Å². The monoisotopic (exact) mass is 268 g/mol. The fraction of sp³-hybridized carbons (Fsp3) is 1.00. The molecule has 3 nitrogen and oxygen atoms in total. The first-order valence-electron chi connectivity index (χ1n) is 7.99. The number of likely N-dealkylation sites (tertiary alicyclic amines) is 1. The molecule has 19 heavy (non-hydrogen) atoms. The van der Waals surface area contributed by atoms with E-state index in [0.29, 0.717) is 17.4 Å². The lowest BCUT2D eigenvalue weighted by molar-refractivity contribution is 0.0991. The molecule has 0 aromatic rings. The fourth-order valence-corrected chi connectivity index (χ4v) is 4.06. The van der Waals surface area contributed by atoms with Crippen LogP contribution < -0.4 is 5.32 Å². The quantitative estimate of drug-likeness (QED) is 0.820. The molecule has 4 unspecified atom stereocenters. The molecule has 4 atom stereocenters. The van der Waals surface area contributed by atoms with Crippen LogP contribution in [-0.2, 0) is 0 Å². The van der Waals surface area contributed by atoms with E-state index < -0.39 is 0 Å². The van der Waals surface area contributed by atoms with Gasteiger partial charge in [0.1, 0.15) is 0 Å². The van der Waals surface area contributed by atoms with Crippen LogP contribution in [0.4, 0.5) is 0 Å². The number of hydrogen-bond acceptors (Lipinski definition) is 3. The van der Waals surface area contributed by atoms with E-state index in [9.17, 15) is 5.11 Å². The Morgan fingerprint density at radius 1 is 1.37 bits per heavy atom. The molecule has 1 aliphatic carbocycles. The van der Waals surface area contributed by atoms with Gasteiger partial charge in [0.15, 0.2) is 0 Å². The van der Waals surface area contributed by atoms with E-state index in [1.165, 1.54) is 32.4 Å². The van der Waals surface area contributed by atoms with Gasteiger partial charge in [0.2, 0.25) is 0 Å². The highest BCUT2D eigenvalue weighted by Gasteiger charge is 2.36. The summed E-state index contributed by atoms with van der Waals surface area (Å²) < 4.78 is 0. The Labute approximate surface area is 118 Å². The highest BCUT2D eigenvalue weighted by molar-refractivity contribution is 4.91. The van der Waals surface area contributed by atoms with Gasteiger partial charge in [-0.3, -0.25) is 0 Å². The Balaban J connectivity index is 1.89. The van der Waals surface area contributed by atoms with Gasteiger partial charge in [-0.25, -0.2) is 0 Å². The Hall–Kier alpha value is -0.120. The molecule has 2 rings (SSSR count). The summed E-state index contributed by atoms with van der Waals surface area (Å²) >= 11 is 0. The van der Waals surface area contributed by atoms with Crippen molar-refractivity contribution in [3.63, 3.8) is 0 Å². The van der Waals surface area contributed by atoms with Crippen molar-refractivity contribution in [2.45, 2.75) is 58.6 Å². The summed E-state index contributed by atoms with van der Waals surface area (Å²) in [6.45, 7) is 10.2. The standard InChI is InChI=1S/C16H32N2O/c1-12(19)13-6-8-18(10-13)11-14-9-16(2,3)7-5-15(14)17-4/h12-15,17,19H,5-11H2,1-4H3. The summed E-state index contributed by atoms with van der Waals surface area (Å²) in [4.78, 5) is 2.58. The second-order valence-corrected chi connectivity index (χ2v) is 7.61. The largest absolute Gasteiger partial charge is 0.393 e. The predicted octanol–water partition coefficient (Wildman–Crippen LogP) is 2.10. The van der Waals surface area contributed by atoms with Gasteiger partial charge in [0.25, 0.3) is 0 Å². The first kappa shape index (κ1) is 15.3. The maximum atomic E-state index is 9.72. The van der Waals surface area contributed by atoms with Crippen LogP contribution in [0.25, 0.3) is 0 Å². The van der Waals surface area contributed by atoms with E-state index in [4.69, 9.17) is 0 Å². The lowest BCUT2D eigenvalue weighted by atomic mass is 9.69. The molecule has 0 amide bonds. The van der Waals surface area contributed by atoms with Crippen molar-refractivity contribution < 1.29 is 5.11 Å². The lowest BCUT2D eigenvalue weighted by Crippen LogP contribution is -2.46. The summed E-state index contributed by atoms with van der Waals surface area (Å²) in [6.07, 6.45) is 4.99. The molecule has 0 bridgehead atoms. The Morgan fingerprint density at radius 3 is 2.68 bits per heavy atom. The van der Waals surface area contributed by atoms with Crippen LogP contribution in [0.1, 0.15) is 46.5 Å². The van der Waals surface area contributed by atoms with Gasteiger partial charge in [0.05, 0.1) is 6.10 Å². The summed E-state index contributed by atoms with van der Waals surface area (Å²) in [7, 11) is 2.11. The van der Waals surface area contributed by atoms with Crippen LogP contribution in [-0.4, -0.2) is 48.8 Å². The highest BCUT2D eigenvalue weighted by Crippen LogP contribution is 2.39. The molecule has 2 fully saturated rings. The van der Waals surface area contributed by atoms with E-state index in [0.717, 1.165) is 18.9 Å². The van der Waals surface area contributed by atoms with Gasteiger partial charge in [-0.05, 0) is 63.5 Å². The zero-order valence-corrected chi connectivity index (χ0v) is 13.2. The Morgan fingerprint density at radius 2 is 2.11 bits per heavy atom. The number of rotatable bonds is 4. The third-order valence-electron chi connectivity index (χ3n) is 5.37.